The average molecular weight is 312 g/mol. The lowest BCUT2D eigenvalue weighted by molar-refractivity contribution is -0.159. The van der Waals surface area contributed by atoms with Gasteiger partial charge in [0.2, 0.25) is 5.91 Å². The van der Waals surface area contributed by atoms with Crippen LogP contribution in [0, 0.1) is 0 Å². The Morgan fingerprint density at radius 2 is 2.29 bits per heavy atom. The average Bonchev–Trinajstić information content (AvgIpc) is 3.00. The number of nitrogens with zero attached hydrogens (tertiary/aromatic N) is 2. The van der Waals surface area contributed by atoms with Crippen LogP contribution in [0.2, 0.25) is 0 Å². The molecule has 1 aromatic heterocycles. The van der Waals surface area contributed by atoms with E-state index in [2.05, 4.69) is 0 Å². The zero-order chi connectivity index (χ0) is 15.4. The van der Waals surface area contributed by atoms with Crippen molar-refractivity contribution in [3.8, 4) is 0 Å². The number of hydrogen-bond acceptors (Lipinski definition) is 5. The number of thiophene rings is 1. The van der Waals surface area contributed by atoms with E-state index >= 15 is 0 Å². The van der Waals surface area contributed by atoms with Crippen molar-refractivity contribution >= 4 is 29.1 Å². The quantitative estimate of drug-likeness (QED) is 0.854. The van der Waals surface area contributed by atoms with Crippen molar-refractivity contribution in [2.24, 2.45) is 0 Å². The number of carboxylic acid groups (broad SMARTS) is 1. The number of likely N-dealkylation sites (N-methyl/N-ethyl adjacent to an activating group) is 1. The Morgan fingerprint density at radius 3 is 2.90 bits per heavy atom. The highest BCUT2D eigenvalue weighted by molar-refractivity contribution is 7.12. The molecule has 0 radical (unpaired) electrons. The normalized spacial score (nSPS) is 18.3. The third-order valence-corrected chi connectivity index (χ3v) is 4.00. The molecule has 1 N–H and O–H groups in total. The summed E-state index contributed by atoms with van der Waals surface area (Å²) < 4.78 is 5.06. The highest BCUT2D eigenvalue weighted by Gasteiger charge is 2.29. The fourth-order valence-corrected chi connectivity index (χ4v) is 2.71. The van der Waals surface area contributed by atoms with Crippen LogP contribution in [-0.2, 0) is 14.3 Å². The summed E-state index contributed by atoms with van der Waals surface area (Å²) in [5.41, 5.74) is 0. The fourth-order valence-electron chi connectivity index (χ4n) is 1.99. The van der Waals surface area contributed by atoms with Crippen molar-refractivity contribution in [2.75, 3.05) is 33.3 Å². The van der Waals surface area contributed by atoms with Gasteiger partial charge in [0, 0.05) is 13.6 Å². The lowest BCUT2D eigenvalue weighted by Gasteiger charge is -2.32. The summed E-state index contributed by atoms with van der Waals surface area (Å²) in [6, 6.07) is 3.47. The molecular formula is C13H16N2O5S. The molecule has 7 nitrogen and oxygen atoms in total. The number of hydrogen-bond donors (Lipinski definition) is 1. The number of carbonyl (C=O) groups excluding carboxylic acids is 2. The number of amides is 2. The van der Waals surface area contributed by atoms with Gasteiger partial charge in [-0.2, -0.15) is 0 Å². The monoisotopic (exact) mass is 312 g/mol. The molecule has 1 unspecified atom stereocenters. The topological polar surface area (TPSA) is 87.2 Å². The SMILES string of the molecule is CN(CC(=O)N1CCOC(C(=O)O)C1)C(=O)c1cccs1. The van der Waals surface area contributed by atoms with Crippen LogP contribution < -0.4 is 0 Å². The van der Waals surface area contributed by atoms with E-state index in [0.29, 0.717) is 11.4 Å². The second-order valence-electron chi connectivity index (χ2n) is 4.68. The molecule has 2 rings (SSSR count). The van der Waals surface area contributed by atoms with Crippen LogP contribution in [0.4, 0.5) is 0 Å². The Bertz CT molecular complexity index is 531. The van der Waals surface area contributed by atoms with E-state index in [0.717, 1.165) is 0 Å². The van der Waals surface area contributed by atoms with Gasteiger partial charge in [-0.05, 0) is 11.4 Å². The molecule has 1 atom stereocenters. The van der Waals surface area contributed by atoms with Gasteiger partial charge < -0.3 is 19.6 Å². The van der Waals surface area contributed by atoms with Gasteiger partial charge in [0.15, 0.2) is 6.10 Å². The Hall–Kier alpha value is -1.93. The van der Waals surface area contributed by atoms with Gasteiger partial charge in [-0.25, -0.2) is 4.79 Å². The molecule has 2 amide bonds. The van der Waals surface area contributed by atoms with E-state index in [1.807, 2.05) is 0 Å². The number of aliphatic carboxylic acids is 1. The first-order valence-electron chi connectivity index (χ1n) is 6.40. The third-order valence-electron chi connectivity index (χ3n) is 3.15. The van der Waals surface area contributed by atoms with E-state index in [4.69, 9.17) is 9.84 Å². The predicted octanol–water partition coefficient (Wildman–Crippen LogP) is 0.132. The standard InChI is InChI=1S/C13H16N2O5S/c1-14(12(17)10-3-2-6-21-10)8-11(16)15-4-5-20-9(7-15)13(18)19/h2-3,6,9H,4-5,7-8H2,1H3,(H,18,19). The number of morpholine rings is 1. The highest BCUT2D eigenvalue weighted by Crippen LogP contribution is 2.12. The molecule has 1 fully saturated rings. The van der Waals surface area contributed by atoms with Crippen molar-refractivity contribution in [3.05, 3.63) is 22.4 Å². The molecule has 0 saturated carbocycles. The lowest BCUT2D eigenvalue weighted by Crippen LogP contribution is -2.51. The highest BCUT2D eigenvalue weighted by atomic mass is 32.1. The van der Waals surface area contributed by atoms with Crippen LogP contribution in [-0.4, -0.2) is 72.1 Å². The summed E-state index contributed by atoms with van der Waals surface area (Å²) in [6.07, 6.45) is -0.999. The van der Waals surface area contributed by atoms with Gasteiger partial charge in [0.1, 0.15) is 0 Å². The first-order chi connectivity index (χ1) is 9.99. The molecule has 1 saturated heterocycles. The summed E-state index contributed by atoms with van der Waals surface area (Å²) in [7, 11) is 1.55. The maximum atomic E-state index is 12.1. The van der Waals surface area contributed by atoms with Crippen molar-refractivity contribution in [2.45, 2.75) is 6.10 Å². The molecule has 0 aliphatic carbocycles. The molecule has 1 aliphatic heterocycles. The summed E-state index contributed by atoms with van der Waals surface area (Å²) in [5.74, 6) is -1.59. The van der Waals surface area contributed by atoms with Gasteiger partial charge in [0.25, 0.3) is 5.91 Å². The molecule has 0 aromatic carbocycles. The second-order valence-corrected chi connectivity index (χ2v) is 5.62. The molecule has 114 valence electrons. The van der Waals surface area contributed by atoms with Crippen LogP contribution >= 0.6 is 11.3 Å². The summed E-state index contributed by atoms with van der Waals surface area (Å²) in [5, 5.41) is 10.7. The Morgan fingerprint density at radius 1 is 1.52 bits per heavy atom. The molecule has 1 aliphatic rings. The van der Waals surface area contributed by atoms with Gasteiger partial charge in [-0.15, -0.1) is 11.3 Å². The summed E-state index contributed by atoms with van der Waals surface area (Å²) >= 11 is 1.31. The van der Waals surface area contributed by atoms with Crippen LogP contribution in [0.15, 0.2) is 17.5 Å². The minimum absolute atomic E-state index is 0.00913. The first kappa shape index (κ1) is 15.5. The fraction of sp³-hybridized carbons (Fsp3) is 0.462. The minimum Gasteiger partial charge on any atom is -0.479 e. The zero-order valence-electron chi connectivity index (χ0n) is 11.5. The van der Waals surface area contributed by atoms with Crippen molar-refractivity contribution in [3.63, 3.8) is 0 Å². The van der Waals surface area contributed by atoms with Crippen LogP contribution in [0.3, 0.4) is 0 Å². The number of carbonyl (C=O) groups is 3. The van der Waals surface area contributed by atoms with Crippen LogP contribution in [0.1, 0.15) is 9.67 Å². The van der Waals surface area contributed by atoms with E-state index in [1.54, 1.807) is 24.6 Å². The molecule has 21 heavy (non-hydrogen) atoms. The molecule has 8 heteroatoms. The number of ether oxygens (including phenoxy) is 1. The largest absolute Gasteiger partial charge is 0.479 e. The van der Waals surface area contributed by atoms with E-state index in [-0.39, 0.29) is 31.5 Å². The van der Waals surface area contributed by atoms with E-state index in [9.17, 15) is 14.4 Å². The molecule has 1 aromatic rings. The smallest absolute Gasteiger partial charge is 0.334 e. The van der Waals surface area contributed by atoms with Crippen molar-refractivity contribution in [1.29, 1.82) is 0 Å². The Labute approximate surface area is 125 Å². The summed E-state index contributed by atoms with van der Waals surface area (Å²) in [4.78, 5) is 38.4. The Kier molecular flexibility index (Phi) is 4.92. The third kappa shape index (κ3) is 3.79. The first-order valence-corrected chi connectivity index (χ1v) is 7.28. The second kappa shape index (κ2) is 6.68. The maximum absolute atomic E-state index is 12.1. The Balaban J connectivity index is 1.91. The van der Waals surface area contributed by atoms with Gasteiger partial charge in [0.05, 0.1) is 24.6 Å². The zero-order valence-corrected chi connectivity index (χ0v) is 12.3. The number of rotatable bonds is 4. The van der Waals surface area contributed by atoms with Crippen LogP contribution in [0.25, 0.3) is 0 Å². The van der Waals surface area contributed by atoms with E-state index < -0.39 is 12.1 Å². The molecule has 2 heterocycles. The minimum atomic E-state index is -1.09. The van der Waals surface area contributed by atoms with Crippen molar-refractivity contribution < 1.29 is 24.2 Å². The van der Waals surface area contributed by atoms with E-state index in [1.165, 1.54) is 21.1 Å². The lowest BCUT2D eigenvalue weighted by atomic mass is 10.2. The molecule has 0 bridgehead atoms. The van der Waals surface area contributed by atoms with Gasteiger partial charge in [-0.3, -0.25) is 9.59 Å². The number of carboxylic acids is 1. The molecule has 0 spiro atoms. The summed E-state index contributed by atoms with van der Waals surface area (Å²) in [6.45, 7) is 0.452. The predicted molar refractivity (Wildman–Crippen MR) is 75.2 cm³/mol. The van der Waals surface area contributed by atoms with Crippen LogP contribution in [0.5, 0.6) is 0 Å². The van der Waals surface area contributed by atoms with Crippen molar-refractivity contribution in [1.82, 2.24) is 9.80 Å². The van der Waals surface area contributed by atoms with Gasteiger partial charge in [-0.1, -0.05) is 6.07 Å². The maximum Gasteiger partial charge on any atom is 0.334 e. The molecular weight excluding hydrogens is 296 g/mol. The van der Waals surface area contributed by atoms with Gasteiger partial charge >= 0.3 is 5.97 Å².